The number of carboxylic acids is 1. The number of likely N-dealkylation sites (N-methyl/N-ethyl adjacent to an activating group) is 1. The van der Waals surface area contributed by atoms with Crippen LogP contribution in [0.15, 0.2) is 30.9 Å². The van der Waals surface area contributed by atoms with Crippen molar-refractivity contribution in [3.05, 3.63) is 42.0 Å². The number of hydrogen-bond acceptors (Lipinski definition) is 2. The van der Waals surface area contributed by atoms with Crippen molar-refractivity contribution in [2.45, 2.75) is 13.8 Å². The number of carboxylic acid groups (broad SMARTS) is 1. The van der Waals surface area contributed by atoms with Crippen LogP contribution in [0.4, 0.5) is 5.69 Å². The zero-order chi connectivity index (χ0) is 12.1. The molecule has 0 aliphatic rings. The fourth-order valence-electron chi connectivity index (χ4n) is 1.64. The lowest BCUT2D eigenvalue weighted by Crippen LogP contribution is -2.24. The Labute approximate surface area is 96.0 Å². The van der Waals surface area contributed by atoms with Gasteiger partial charge in [-0.25, -0.2) is 4.79 Å². The van der Waals surface area contributed by atoms with Gasteiger partial charge in [-0.1, -0.05) is 12.1 Å². The molecule has 0 unspecified atom stereocenters. The molecule has 0 radical (unpaired) electrons. The molecule has 1 N–H and O–H groups in total. The lowest BCUT2D eigenvalue weighted by atomic mass is 10.1. The van der Waals surface area contributed by atoms with Gasteiger partial charge in [-0.2, -0.15) is 0 Å². The molecule has 1 rings (SSSR count). The van der Waals surface area contributed by atoms with Crippen LogP contribution < -0.4 is 4.90 Å². The highest BCUT2D eigenvalue weighted by Gasteiger charge is 2.14. The van der Waals surface area contributed by atoms with Crippen molar-refractivity contribution in [3.63, 3.8) is 0 Å². The summed E-state index contributed by atoms with van der Waals surface area (Å²) in [6, 6.07) is 5.36. The smallest absolute Gasteiger partial charge is 0.337 e. The van der Waals surface area contributed by atoms with E-state index in [4.69, 9.17) is 5.11 Å². The second-order valence-corrected chi connectivity index (χ2v) is 3.65. The summed E-state index contributed by atoms with van der Waals surface area (Å²) in [5.41, 5.74) is 2.16. The molecule has 0 atom stereocenters. The lowest BCUT2D eigenvalue weighted by molar-refractivity contribution is 0.0697. The van der Waals surface area contributed by atoms with E-state index in [1.54, 1.807) is 12.1 Å². The van der Waals surface area contributed by atoms with E-state index in [0.717, 1.165) is 17.8 Å². The SMILES string of the molecule is C=CCN(CC)c1cc(C)ccc1C(=O)O. The van der Waals surface area contributed by atoms with E-state index in [1.807, 2.05) is 30.9 Å². The van der Waals surface area contributed by atoms with Crippen molar-refractivity contribution < 1.29 is 9.90 Å². The minimum atomic E-state index is -0.891. The van der Waals surface area contributed by atoms with Gasteiger partial charge in [-0.3, -0.25) is 0 Å². The average Bonchev–Trinajstić information content (AvgIpc) is 2.25. The number of hydrogen-bond donors (Lipinski definition) is 1. The zero-order valence-corrected chi connectivity index (χ0v) is 9.73. The second-order valence-electron chi connectivity index (χ2n) is 3.65. The molecule has 86 valence electrons. The third-order valence-electron chi connectivity index (χ3n) is 2.46. The highest BCUT2D eigenvalue weighted by molar-refractivity contribution is 5.94. The van der Waals surface area contributed by atoms with Crippen molar-refractivity contribution in [2.24, 2.45) is 0 Å². The van der Waals surface area contributed by atoms with Crippen LogP contribution in [0.1, 0.15) is 22.8 Å². The molecule has 0 heterocycles. The van der Waals surface area contributed by atoms with Gasteiger partial charge in [-0.15, -0.1) is 6.58 Å². The molecular formula is C13H17NO2. The molecule has 0 saturated carbocycles. The lowest BCUT2D eigenvalue weighted by Gasteiger charge is -2.23. The first-order valence-electron chi connectivity index (χ1n) is 5.30. The topological polar surface area (TPSA) is 40.5 Å². The summed E-state index contributed by atoms with van der Waals surface area (Å²) in [7, 11) is 0. The largest absolute Gasteiger partial charge is 0.478 e. The number of carbonyl (C=O) groups is 1. The van der Waals surface area contributed by atoms with E-state index in [-0.39, 0.29) is 0 Å². The summed E-state index contributed by atoms with van der Waals surface area (Å²) in [6.07, 6.45) is 1.78. The van der Waals surface area contributed by atoms with Gasteiger partial charge < -0.3 is 10.0 Å². The van der Waals surface area contributed by atoms with Crippen molar-refractivity contribution in [1.82, 2.24) is 0 Å². The zero-order valence-electron chi connectivity index (χ0n) is 9.73. The number of benzene rings is 1. The van der Waals surface area contributed by atoms with Gasteiger partial charge in [0.25, 0.3) is 0 Å². The first-order valence-corrected chi connectivity index (χ1v) is 5.30. The van der Waals surface area contributed by atoms with Crippen molar-refractivity contribution in [1.29, 1.82) is 0 Å². The van der Waals surface area contributed by atoms with Gasteiger partial charge in [0, 0.05) is 13.1 Å². The minimum absolute atomic E-state index is 0.342. The van der Waals surface area contributed by atoms with Gasteiger partial charge in [0.1, 0.15) is 0 Å². The molecule has 0 saturated heterocycles. The van der Waals surface area contributed by atoms with Gasteiger partial charge in [-0.05, 0) is 31.5 Å². The van der Waals surface area contributed by atoms with E-state index in [0.29, 0.717) is 12.1 Å². The highest BCUT2D eigenvalue weighted by Crippen LogP contribution is 2.22. The van der Waals surface area contributed by atoms with E-state index < -0.39 is 5.97 Å². The van der Waals surface area contributed by atoms with Crippen LogP contribution in [0.25, 0.3) is 0 Å². The molecule has 0 bridgehead atoms. The van der Waals surface area contributed by atoms with E-state index in [9.17, 15) is 4.79 Å². The van der Waals surface area contributed by atoms with Gasteiger partial charge in [0.2, 0.25) is 0 Å². The number of rotatable bonds is 5. The van der Waals surface area contributed by atoms with Crippen LogP contribution in [-0.4, -0.2) is 24.2 Å². The number of aromatic carboxylic acids is 1. The Balaban J connectivity index is 3.21. The molecule has 0 fully saturated rings. The Bertz CT molecular complexity index is 399. The second kappa shape index (κ2) is 5.35. The summed E-state index contributed by atoms with van der Waals surface area (Å²) < 4.78 is 0. The number of nitrogens with zero attached hydrogens (tertiary/aromatic N) is 1. The number of anilines is 1. The Morgan fingerprint density at radius 2 is 2.25 bits per heavy atom. The van der Waals surface area contributed by atoms with E-state index >= 15 is 0 Å². The third kappa shape index (κ3) is 2.63. The first kappa shape index (κ1) is 12.3. The molecule has 0 aromatic heterocycles. The maximum absolute atomic E-state index is 11.1. The fraction of sp³-hybridized carbons (Fsp3) is 0.308. The normalized spacial score (nSPS) is 9.88. The van der Waals surface area contributed by atoms with Crippen LogP contribution in [0.2, 0.25) is 0 Å². The highest BCUT2D eigenvalue weighted by atomic mass is 16.4. The van der Waals surface area contributed by atoms with Gasteiger partial charge in [0.05, 0.1) is 11.3 Å². The molecule has 0 spiro atoms. The molecule has 1 aromatic rings. The molecule has 1 aromatic carbocycles. The summed E-state index contributed by atoms with van der Waals surface area (Å²) in [4.78, 5) is 13.1. The molecule has 3 heteroatoms. The van der Waals surface area contributed by atoms with Crippen LogP contribution >= 0.6 is 0 Å². The standard InChI is InChI=1S/C13H17NO2/c1-4-8-14(5-2)12-9-10(3)6-7-11(12)13(15)16/h4,6-7,9H,1,5,8H2,2-3H3,(H,15,16). The minimum Gasteiger partial charge on any atom is -0.478 e. The molecule has 16 heavy (non-hydrogen) atoms. The summed E-state index contributed by atoms with van der Waals surface area (Å²) in [5.74, 6) is -0.891. The van der Waals surface area contributed by atoms with Crippen molar-refractivity contribution >= 4 is 11.7 Å². The predicted octanol–water partition coefficient (Wildman–Crippen LogP) is 2.71. The predicted molar refractivity (Wildman–Crippen MR) is 66.2 cm³/mol. The molecular weight excluding hydrogens is 202 g/mol. The monoisotopic (exact) mass is 219 g/mol. The Morgan fingerprint density at radius 1 is 1.56 bits per heavy atom. The molecule has 3 nitrogen and oxygen atoms in total. The maximum Gasteiger partial charge on any atom is 0.337 e. The Morgan fingerprint density at radius 3 is 2.75 bits per heavy atom. The summed E-state index contributed by atoms with van der Waals surface area (Å²) in [5, 5.41) is 9.12. The molecule has 0 aliphatic heterocycles. The van der Waals surface area contributed by atoms with Gasteiger partial charge in [0.15, 0.2) is 0 Å². The summed E-state index contributed by atoms with van der Waals surface area (Å²) >= 11 is 0. The van der Waals surface area contributed by atoms with Gasteiger partial charge >= 0.3 is 5.97 Å². The summed E-state index contributed by atoms with van der Waals surface area (Å²) in [6.45, 7) is 9.05. The quantitative estimate of drug-likeness (QED) is 0.774. The van der Waals surface area contributed by atoms with Crippen LogP contribution in [0.5, 0.6) is 0 Å². The average molecular weight is 219 g/mol. The first-order chi connectivity index (χ1) is 7.60. The fourth-order valence-corrected chi connectivity index (χ4v) is 1.64. The van der Waals surface area contributed by atoms with Crippen LogP contribution in [0, 0.1) is 6.92 Å². The third-order valence-corrected chi connectivity index (χ3v) is 2.46. The number of aryl methyl sites for hydroxylation is 1. The van der Waals surface area contributed by atoms with Crippen molar-refractivity contribution in [2.75, 3.05) is 18.0 Å². The molecule has 0 amide bonds. The van der Waals surface area contributed by atoms with Crippen LogP contribution in [-0.2, 0) is 0 Å². The Hall–Kier alpha value is -1.77. The maximum atomic E-state index is 11.1. The Kier molecular flexibility index (Phi) is 4.11. The van der Waals surface area contributed by atoms with E-state index in [2.05, 4.69) is 6.58 Å². The van der Waals surface area contributed by atoms with E-state index in [1.165, 1.54) is 0 Å². The van der Waals surface area contributed by atoms with Crippen LogP contribution in [0.3, 0.4) is 0 Å². The van der Waals surface area contributed by atoms with Crippen molar-refractivity contribution in [3.8, 4) is 0 Å². The molecule has 0 aliphatic carbocycles.